The number of anilines is 1. The molecule has 0 aliphatic rings. The summed E-state index contributed by atoms with van der Waals surface area (Å²) in [5, 5.41) is 13.8. The van der Waals surface area contributed by atoms with E-state index >= 15 is 0 Å². The highest BCUT2D eigenvalue weighted by atomic mass is 16.6. The van der Waals surface area contributed by atoms with Crippen LogP contribution in [0.15, 0.2) is 41.3 Å². The fourth-order valence-corrected chi connectivity index (χ4v) is 2.40. The van der Waals surface area contributed by atoms with E-state index in [4.69, 9.17) is 0 Å². The molecule has 0 aliphatic carbocycles. The van der Waals surface area contributed by atoms with Crippen molar-refractivity contribution in [1.82, 2.24) is 4.57 Å². The Bertz CT molecular complexity index is 1060. The zero-order valence-electron chi connectivity index (χ0n) is 16.9. The second-order valence-electron chi connectivity index (χ2n) is 7.50. The maximum atomic E-state index is 12.6. The van der Waals surface area contributed by atoms with E-state index in [0.717, 1.165) is 23.9 Å². The van der Waals surface area contributed by atoms with E-state index in [0.29, 0.717) is 5.69 Å². The topological polar surface area (TPSA) is 138 Å². The van der Waals surface area contributed by atoms with Crippen molar-refractivity contribution < 1.29 is 24.0 Å². The zero-order chi connectivity index (χ0) is 22.6. The number of hydrogen-bond acceptors (Lipinski definition) is 7. The van der Waals surface area contributed by atoms with Crippen LogP contribution in [-0.2, 0) is 16.1 Å². The summed E-state index contributed by atoms with van der Waals surface area (Å²) in [6, 6.07) is 6.80. The highest BCUT2D eigenvalue weighted by Gasteiger charge is 2.23. The lowest BCUT2D eigenvalue weighted by atomic mass is 9.95. The first-order chi connectivity index (χ1) is 13.9. The molecular formula is C20H21N3O7. The van der Waals surface area contributed by atoms with Crippen LogP contribution in [-0.4, -0.2) is 34.3 Å². The third-order valence-corrected chi connectivity index (χ3v) is 4.14. The van der Waals surface area contributed by atoms with Gasteiger partial charge in [-0.1, -0.05) is 20.8 Å². The summed E-state index contributed by atoms with van der Waals surface area (Å²) in [5.41, 5.74) is -1.96. The molecule has 0 saturated carbocycles. The summed E-state index contributed by atoms with van der Waals surface area (Å²) in [6.07, 6.45) is 1.04. The number of pyridine rings is 1. The molecule has 10 heteroatoms. The number of amides is 1. The molecule has 30 heavy (non-hydrogen) atoms. The quantitative estimate of drug-likeness (QED) is 0.331. The van der Waals surface area contributed by atoms with Crippen LogP contribution < -0.4 is 10.9 Å². The first-order valence-corrected chi connectivity index (χ1v) is 8.86. The van der Waals surface area contributed by atoms with Gasteiger partial charge in [0.15, 0.2) is 5.78 Å². The minimum absolute atomic E-state index is 0.194. The van der Waals surface area contributed by atoms with Crippen molar-refractivity contribution in [3.8, 4) is 0 Å². The lowest BCUT2D eigenvalue weighted by Gasteiger charge is -2.17. The molecule has 2 rings (SSSR count). The number of nitrogens with zero attached hydrogens (tertiary/aromatic N) is 2. The van der Waals surface area contributed by atoms with Crippen LogP contribution >= 0.6 is 0 Å². The van der Waals surface area contributed by atoms with Crippen molar-refractivity contribution >= 4 is 29.0 Å². The molecule has 2 aromatic rings. The van der Waals surface area contributed by atoms with Gasteiger partial charge in [0, 0.05) is 28.9 Å². The van der Waals surface area contributed by atoms with Crippen LogP contribution in [0.3, 0.4) is 0 Å². The van der Waals surface area contributed by atoms with Gasteiger partial charge in [-0.25, -0.2) is 4.79 Å². The normalized spacial score (nSPS) is 10.9. The number of carbonyl (C=O) groups excluding carboxylic acids is 3. The number of ether oxygens (including phenoxy) is 1. The molecule has 0 spiro atoms. The third-order valence-electron chi connectivity index (χ3n) is 4.14. The minimum Gasteiger partial charge on any atom is -0.465 e. The molecule has 0 radical (unpaired) electrons. The molecule has 0 bridgehead atoms. The number of carbonyl (C=O) groups is 3. The van der Waals surface area contributed by atoms with E-state index < -0.39 is 39.9 Å². The van der Waals surface area contributed by atoms with Crippen molar-refractivity contribution in [3.05, 3.63) is 68.1 Å². The van der Waals surface area contributed by atoms with E-state index in [1.54, 1.807) is 20.8 Å². The van der Waals surface area contributed by atoms with E-state index in [1.807, 2.05) is 0 Å². The molecule has 0 fully saturated rings. The Morgan fingerprint density at radius 3 is 2.23 bits per heavy atom. The number of ketones is 1. The molecular weight excluding hydrogens is 394 g/mol. The Balaban J connectivity index is 2.28. The molecule has 0 saturated heterocycles. The molecule has 0 unspecified atom stereocenters. The SMILES string of the molecule is COC(=O)c1cc([N+](=O)[O-])c(=O)n(CC(=O)c2ccc(NC(=O)C(C)(C)C)cc2)c1. The molecule has 10 nitrogen and oxygen atoms in total. The number of nitrogens with one attached hydrogen (secondary N) is 1. The highest BCUT2D eigenvalue weighted by molar-refractivity contribution is 5.98. The summed E-state index contributed by atoms with van der Waals surface area (Å²) in [4.78, 5) is 58.8. The molecule has 1 amide bonds. The van der Waals surface area contributed by atoms with Gasteiger partial charge in [-0.2, -0.15) is 0 Å². The van der Waals surface area contributed by atoms with E-state index in [2.05, 4.69) is 10.1 Å². The van der Waals surface area contributed by atoms with Gasteiger partial charge in [-0.3, -0.25) is 24.5 Å². The van der Waals surface area contributed by atoms with Gasteiger partial charge >= 0.3 is 17.2 Å². The average Bonchev–Trinajstić information content (AvgIpc) is 2.68. The second kappa shape index (κ2) is 8.68. The van der Waals surface area contributed by atoms with Gasteiger partial charge < -0.3 is 14.6 Å². The first-order valence-electron chi connectivity index (χ1n) is 8.86. The Hall–Kier alpha value is -3.82. The highest BCUT2D eigenvalue weighted by Crippen LogP contribution is 2.18. The molecule has 1 heterocycles. The van der Waals surface area contributed by atoms with Gasteiger partial charge in [-0.05, 0) is 24.3 Å². The first kappa shape index (κ1) is 22.5. The smallest absolute Gasteiger partial charge is 0.339 e. The van der Waals surface area contributed by atoms with Crippen molar-refractivity contribution in [2.75, 3.05) is 12.4 Å². The Morgan fingerprint density at radius 1 is 1.13 bits per heavy atom. The van der Waals surface area contributed by atoms with E-state index in [-0.39, 0.29) is 17.0 Å². The van der Waals surface area contributed by atoms with Crippen molar-refractivity contribution in [3.63, 3.8) is 0 Å². The maximum Gasteiger partial charge on any atom is 0.339 e. The van der Waals surface area contributed by atoms with Gasteiger partial charge in [-0.15, -0.1) is 0 Å². The van der Waals surface area contributed by atoms with Gasteiger partial charge in [0.05, 0.1) is 24.1 Å². The molecule has 1 N–H and O–H groups in total. The number of esters is 1. The standard InChI is InChI=1S/C20H21N3O7/c1-20(2,3)19(27)21-14-7-5-12(6-8-14)16(24)11-22-10-13(18(26)30-4)9-15(17(22)25)23(28)29/h5-10H,11H2,1-4H3,(H,21,27). The number of Topliss-reactive ketones (excluding diaryl/α,β-unsaturated/α-hetero) is 1. The fraction of sp³-hybridized carbons (Fsp3) is 0.300. The maximum absolute atomic E-state index is 12.6. The molecule has 158 valence electrons. The van der Waals surface area contributed by atoms with Crippen LogP contribution in [0.5, 0.6) is 0 Å². The third kappa shape index (κ3) is 5.16. The number of hydrogen-bond donors (Lipinski definition) is 1. The lowest BCUT2D eigenvalue weighted by molar-refractivity contribution is -0.386. The summed E-state index contributed by atoms with van der Waals surface area (Å²) < 4.78 is 5.32. The van der Waals surface area contributed by atoms with Crippen LogP contribution in [0.1, 0.15) is 41.5 Å². The second-order valence-corrected chi connectivity index (χ2v) is 7.50. The minimum atomic E-state index is -1.02. The summed E-state index contributed by atoms with van der Waals surface area (Å²) in [7, 11) is 1.09. The number of methoxy groups -OCH3 is 1. The monoisotopic (exact) mass is 415 g/mol. The van der Waals surface area contributed by atoms with Crippen LogP contribution in [0, 0.1) is 15.5 Å². The van der Waals surface area contributed by atoms with Crippen molar-refractivity contribution in [2.45, 2.75) is 27.3 Å². The van der Waals surface area contributed by atoms with Gasteiger partial charge in [0.1, 0.15) is 0 Å². The average molecular weight is 415 g/mol. The number of aromatic nitrogens is 1. The summed E-state index contributed by atoms with van der Waals surface area (Å²) >= 11 is 0. The van der Waals surface area contributed by atoms with E-state index in [9.17, 15) is 29.3 Å². The van der Waals surface area contributed by atoms with Gasteiger partial charge in [0.2, 0.25) is 5.91 Å². The van der Waals surface area contributed by atoms with Crippen LogP contribution in [0.2, 0.25) is 0 Å². The van der Waals surface area contributed by atoms with Gasteiger partial charge in [0.25, 0.3) is 0 Å². The Labute approximate surface area is 171 Å². The van der Waals surface area contributed by atoms with Crippen LogP contribution in [0.4, 0.5) is 11.4 Å². The largest absolute Gasteiger partial charge is 0.465 e. The Morgan fingerprint density at radius 2 is 1.73 bits per heavy atom. The lowest BCUT2D eigenvalue weighted by Crippen LogP contribution is -2.28. The predicted molar refractivity (Wildman–Crippen MR) is 108 cm³/mol. The molecule has 0 atom stereocenters. The summed E-state index contributed by atoms with van der Waals surface area (Å²) in [5.74, 6) is -1.58. The fourth-order valence-electron chi connectivity index (χ4n) is 2.40. The Kier molecular flexibility index (Phi) is 6.50. The number of nitro groups is 1. The van der Waals surface area contributed by atoms with Crippen molar-refractivity contribution in [2.24, 2.45) is 5.41 Å². The molecule has 1 aromatic heterocycles. The van der Waals surface area contributed by atoms with Crippen molar-refractivity contribution in [1.29, 1.82) is 0 Å². The van der Waals surface area contributed by atoms with E-state index in [1.165, 1.54) is 24.3 Å². The molecule has 1 aromatic carbocycles. The molecule has 0 aliphatic heterocycles. The number of benzene rings is 1. The predicted octanol–water partition coefficient (Wildman–Crippen LogP) is 2.41. The number of rotatable bonds is 6. The van der Waals surface area contributed by atoms with Crippen LogP contribution in [0.25, 0.3) is 0 Å². The zero-order valence-corrected chi connectivity index (χ0v) is 16.9. The summed E-state index contributed by atoms with van der Waals surface area (Å²) in [6.45, 7) is 4.77.